The topological polar surface area (TPSA) is 72.2 Å². The molecule has 0 bridgehead atoms. The van der Waals surface area contributed by atoms with Crippen LogP contribution in [0.1, 0.15) is 27.2 Å². The van der Waals surface area contributed by atoms with Gasteiger partial charge in [-0.2, -0.15) is 5.10 Å². The lowest BCUT2D eigenvalue weighted by Gasteiger charge is -2.09. The van der Waals surface area contributed by atoms with E-state index in [0.29, 0.717) is 18.5 Å². The second-order valence-corrected chi connectivity index (χ2v) is 7.36. The van der Waals surface area contributed by atoms with Crippen molar-refractivity contribution < 1.29 is 4.79 Å². The molecular weight excluding hydrogens is 370 g/mol. The van der Waals surface area contributed by atoms with Crippen LogP contribution in [-0.4, -0.2) is 32.0 Å². The molecule has 0 atom stereocenters. The Labute approximate surface area is 158 Å². The monoisotopic (exact) mass is 385 g/mol. The van der Waals surface area contributed by atoms with Crippen LogP contribution in [-0.2, 0) is 6.42 Å². The number of hydrogen-bond acceptors (Lipinski definition) is 5. The number of nitrogens with one attached hydrogen (secondary N) is 1. The molecule has 132 valence electrons. The minimum Gasteiger partial charge on any atom is -0.352 e. The van der Waals surface area contributed by atoms with Gasteiger partial charge >= 0.3 is 0 Å². The van der Waals surface area contributed by atoms with E-state index >= 15 is 0 Å². The number of halogens is 1. The molecule has 1 amide bonds. The van der Waals surface area contributed by atoms with Gasteiger partial charge in [-0.25, -0.2) is 14.5 Å². The Kier molecular flexibility index (Phi) is 4.34. The van der Waals surface area contributed by atoms with Crippen LogP contribution >= 0.6 is 22.9 Å². The van der Waals surface area contributed by atoms with Crippen molar-refractivity contribution in [1.29, 1.82) is 0 Å². The molecule has 0 aliphatic heterocycles. The van der Waals surface area contributed by atoms with Gasteiger partial charge in [0.1, 0.15) is 11.5 Å². The predicted molar refractivity (Wildman–Crippen MR) is 103 cm³/mol. The summed E-state index contributed by atoms with van der Waals surface area (Å²) in [5.74, 6) is -0.228. The zero-order valence-corrected chi connectivity index (χ0v) is 15.9. The fraction of sp³-hybridized carbons (Fsp3) is 0.222. The molecule has 4 rings (SSSR count). The summed E-state index contributed by atoms with van der Waals surface area (Å²) in [5.41, 5.74) is 4.39. The number of nitrogens with zero attached hydrogens (tertiary/aromatic N) is 4. The summed E-state index contributed by atoms with van der Waals surface area (Å²) in [6.07, 6.45) is 2.18. The van der Waals surface area contributed by atoms with E-state index in [4.69, 9.17) is 11.6 Å². The van der Waals surface area contributed by atoms with Crippen molar-refractivity contribution in [2.45, 2.75) is 20.3 Å². The molecule has 0 radical (unpaired) electrons. The molecule has 4 aromatic rings. The standard InChI is InChI=1S/C18H16ClN5OS/c1-10-5-11(2)15-12(6-10)7-14(16(19)23-15)17(25)20-4-3-13-8-26-18-21-9-22-24(13)18/h5-9H,3-4H2,1-2H3,(H,20,25). The van der Waals surface area contributed by atoms with Gasteiger partial charge in [0.15, 0.2) is 0 Å². The maximum absolute atomic E-state index is 12.6. The number of pyridine rings is 1. The maximum atomic E-state index is 12.6. The van der Waals surface area contributed by atoms with E-state index in [0.717, 1.165) is 32.7 Å². The van der Waals surface area contributed by atoms with Gasteiger partial charge in [0, 0.05) is 23.7 Å². The third-order valence-corrected chi connectivity index (χ3v) is 5.37. The number of fused-ring (bicyclic) bond motifs is 2. The zero-order chi connectivity index (χ0) is 18.3. The maximum Gasteiger partial charge on any atom is 0.254 e. The number of carbonyl (C=O) groups excluding carboxylic acids is 1. The van der Waals surface area contributed by atoms with Gasteiger partial charge in [0.2, 0.25) is 4.96 Å². The minimum atomic E-state index is -0.228. The minimum absolute atomic E-state index is 0.219. The normalized spacial score (nSPS) is 11.3. The first kappa shape index (κ1) is 16.9. The van der Waals surface area contributed by atoms with Gasteiger partial charge in [-0.3, -0.25) is 4.79 Å². The summed E-state index contributed by atoms with van der Waals surface area (Å²) < 4.78 is 1.78. The molecule has 0 spiro atoms. The number of carbonyl (C=O) groups is 1. The molecule has 26 heavy (non-hydrogen) atoms. The van der Waals surface area contributed by atoms with E-state index in [1.54, 1.807) is 10.6 Å². The number of aromatic nitrogens is 4. The molecule has 0 saturated heterocycles. The Balaban J connectivity index is 1.52. The van der Waals surface area contributed by atoms with Crippen molar-refractivity contribution in [1.82, 2.24) is 24.9 Å². The largest absolute Gasteiger partial charge is 0.352 e. The van der Waals surface area contributed by atoms with Crippen LogP contribution in [0.25, 0.3) is 15.9 Å². The van der Waals surface area contributed by atoms with Crippen molar-refractivity contribution in [3.05, 3.63) is 57.4 Å². The second kappa shape index (κ2) is 6.66. The van der Waals surface area contributed by atoms with Crippen LogP contribution in [0, 0.1) is 13.8 Å². The summed E-state index contributed by atoms with van der Waals surface area (Å²) >= 11 is 7.79. The molecule has 6 nitrogen and oxygen atoms in total. The van der Waals surface area contributed by atoms with Crippen molar-refractivity contribution in [2.24, 2.45) is 0 Å². The van der Waals surface area contributed by atoms with E-state index in [1.807, 2.05) is 25.3 Å². The Morgan fingerprint density at radius 2 is 2.15 bits per heavy atom. The van der Waals surface area contributed by atoms with Gasteiger partial charge < -0.3 is 5.32 Å². The second-order valence-electron chi connectivity index (χ2n) is 6.17. The summed E-state index contributed by atoms with van der Waals surface area (Å²) in [6, 6.07) is 5.87. The lowest BCUT2D eigenvalue weighted by molar-refractivity contribution is 0.0954. The van der Waals surface area contributed by atoms with E-state index in [9.17, 15) is 4.79 Å². The van der Waals surface area contributed by atoms with E-state index in [2.05, 4.69) is 26.4 Å². The summed E-state index contributed by atoms with van der Waals surface area (Å²) in [7, 11) is 0. The summed E-state index contributed by atoms with van der Waals surface area (Å²) in [4.78, 5) is 22.0. The molecule has 0 aliphatic rings. The van der Waals surface area contributed by atoms with Gasteiger partial charge in [-0.15, -0.1) is 11.3 Å². The molecule has 0 saturated carbocycles. The number of rotatable bonds is 4. The third kappa shape index (κ3) is 3.04. The van der Waals surface area contributed by atoms with Crippen molar-refractivity contribution in [3.8, 4) is 0 Å². The molecule has 1 N–H and O–H groups in total. The highest BCUT2D eigenvalue weighted by Gasteiger charge is 2.14. The van der Waals surface area contributed by atoms with Crippen molar-refractivity contribution in [2.75, 3.05) is 6.54 Å². The Morgan fingerprint density at radius 1 is 1.31 bits per heavy atom. The first-order chi connectivity index (χ1) is 12.5. The lowest BCUT2D eigenvalue weighted by atomic mass is 10.1. The molecule has 0 unspecified atom stereocenters. The summed E-state index contributed by atoms with van der Waals surface area (Å²) in [6.45, 7) is 4.49. The Hall–Kier alpha value is -2.51. The first-order valence-corrected chi connectivity index (χ1v) is 9.40. The molecule has 1 aromatic carbocycles. The quantitative estimate of drug-likeness (QED) is 0.545. The fourth-order valence-electron chi connectivity index (χ4n) is 3.03. The molecule has 0 aliphatic carbocycles. The number of amides is 1. The Bertz CT molecular complexity index is 1130. The number of aryl methyl sites for hydroxylation is 2. The predicted octanol–water partition coefficient (Wildman–Crippen LogP) is 3.58. The first-order valence-electron chi connectivity index (χ1n) is 8.15. The molecule has 8 heteroatoms. The van der Waals surface area contributed by atoms with Crippen LogP contribution in [0.5, 0.6) is 0 Å². The van der Waals surface area contributed by atoms with Crippen molar-refractivity contribution >= 4 is 44.7 Å². The number of thiazole rings is 1. The molecule has 3 aromatic heterocycles. The SMILES string of the molecule is Cc1cc(C)c2nc(Cl)c(C(=O)NCCc3csc4ncnn34)cc2c1. The van der Waals surface area contributed by atoms with Crippen LogP contribution < -0.4 is 5.32 Å². The van der Waals surface area contributed by atoms with Gasteiger partial charge in [-0.1, -0.05) is 23.2 Å². The van der Waals surface area contributed by atoms with Gasteiger partial charge in [-0.05, 0) is 31.5 Å². The lowest BCUT2D eigenvalue weighted by Crippen LogP contribution is -2.26. The highest BCUT2D eigenvalue weighted by atomic mass is 35.5. The highest BCUT2D eigenvalue weighted by molar-refractivity contribution is 7.15. The van der Waals surface area contributed by atoms with Crippen LogP contribution in [0.3, 0.4) is 0 Å². The molecular formula is C18H16ClN5OS. The van der Waals surface area contributed by atoms with E-state index in [1.165, 1.54) is 17.7 Å². The van der Waals surface area contributed by atoms with Gasteiger partial charge in [0.25, 0.3) is 5.91 Å². The van der Waals surface area contributed by atoms with E-state index < -0.39 is 0 Å². The van der Waals surface area contributed by atoms with Crippen molar-refractivity contribution in [3.63, 3.8) is 0 Å². The molecule has 0 fully saturated rings. The van der Waals surface area contributed by atoms with E-state index in [-0.39, 0.29) is 11.1 Å². The average molecular weight is 386 g/mol. The molecule has 3 heterocycles. The number of benzene rings is 1. The summed E-state index contributed by atoms with van der Waals surface area (Å²) in [5, 5.41) is 10.2. The van der Waals surface area contributed by atoms with Crippen LogP contribution in [0.4, 0.5) is 0 Å². The Morgan fingerprint density at radius 3 is 3.00 bits per heavy atom. The fourth-order valence-corrected chi connectivity index (χ4v) is 4.09. The van der Waals surface area contributed by atoms with Gasteiger partial charge in [0.05, 0.1) is 16.8 Å². The third-order valence-electron chi connectivity index (χ3n) is 4.21. The number of hydrogen-bond donors (Lipinski definition) is 1. The average Bonchev–Trinajstić information content (AvgIpc) is 3.19. The highest BCUT2D eigenvalue weighted by Crippen LogP contribution is 2.24. The van der Waals surface area contributed by atoms with Crippen LogP contribution in [0.2, 0.25) is 5.15 Å². The zero-order valence-electron chi connectivity index (χ0n) is 14.3. The van der Waals surface area contributed by atoms with Crippen LogP contribution in [0.15, 0.2) is 29.9 Å². The smallest absolute Gasteiger partial charge is 0.254 e.